The first-order valence-corrected chi connectivity index (χ1v) is 11.6. The number of rotatable bonds is 2. The van der Waals surface area contributed by atoms with Crippen LogP contribution in [0.4, 0.5) is 0 Å². The van der Waals surface area contributed by atoms with E-state index in [1.165, 1.54) is 43.4 Å². The molecule has 7 rings (SSSR count). The first-order chi connectivity index (χ1) is 16.8. The van der Waals surface area contributed by atoms with Gasteiger partial charge in [-0.3, -0.25) is 0 Å². The van der Waals surface area contributed by atoms with E-state index in [4.69, 9.17) is 4.98 Å². The third-order valence-electron chi connectivity index (χ3n) is 6.86. The molecule has 0 saturated carbocycles. The van der Waals surface area contributed by atoms with Gasteiger partial charge in [-0.05, 0) is 61.6 Å². The molecule has 1 heterocycles. The summed E-state index contributed by atoms with van der Waals surface area (Å²) in [5.41, 5.74) is 5.67. The van der Waals surface area contributed by atoms with Gasteiger partial charge in [-0.15, -0.1) is 0 Å². The number of aromatic nitrogens is 1. The molecule has 0 N–H and O–H groups in total. The van der Waals surface area contributed by atoms with Gasteiger partial charge >= 0.3 is 0 Å². The number of benzene rings is 6. The van der Waals surface area contributed by atoms with Crippen LogP contribution < -0.4 is 0 Å². The fraction of sp³-hybridized carbons (Fsp3) is 0. The maximum Gasteiger partial charge on any atom is 0.0715 e. The van der Waals surface area contributed by atoms with Gasteiger partial charge in [0.05, 0.1) is 11.2 Å². The second-order valence-corrected chi connectivity index (χ2v) is 8.82. The van der Waals surface area contributed by atoms with Crippen LogP contribution in [0.1, 0.15) is 0 Å². The zero-order valence-electron chi connectivity index (χ0n) is 18.6. The van der Waals surface area contributed by atoms with Crippen molar-refractivity contribution in [1.29, 1.82) is 0 Å². The van der Waals surface area contributed by atoms with Crippen molar-refractivity contribution in [2.75, 3.05) is 0 Å². The predicted molar refractivity (Wildman–Crippen MR) is 145 cm³/mol. The average molecular weight is 432 g/mol. The first-order valence-electron chi connectivity index (χ1n) is 11.6. The van der Waals surface area contributed by atoms with E-state index >= 15 is 0 Å². The number of para-hydroxylation sites is 1. The molecule has 0 bridgehead atoms. The van der Waals surface area contributed by atoms with E-state index in [1.807, 2.05) is 6.07 Å². The van der Waals surface area contributed by atoms with Crippen LogP contribution in [0.15, 0.2) is 127 Å². The fourth-order valence-corrected chi connectivity index (χ4v) is 5.16. The van der Waals surface area contributed by atoms with Crippen molar-refractivity contribution in [1.82, 2.24) is 4.98 Å². The van der Waals surface area contributed by atoms with Crippen LogP contribution in [-0.2, 0) is 0 Å². The Bertz CT molecular complexity index is 1860. The Hall–Kier alpha value is -4.49. The van der Waals surface area contributed by atoms with E-state index in [2.05, 4.69) is 121 Å². The molecular formula is C33H21N. The average Bonchev–Trinajstić information content (AvgIpc) is 2.92. The van der Waals surface area contributed by atoms with Crippen molar-refractivity contribution in [3.8, 4) is 22.4 Å². The highest BCUT2D eigenvalue weighted by Gasteiger charge is 2.12. The van der Waals surface area contributed by atoms with E-state index in [0.717, 1.165) is 22.2 Å². The van der Waals surface area contributed by atoms with Gasteiger partial charge in [0, 0.05) is 10.9 Å². The summed E-state index contributed by atoms with van der Waals surface area (Å²) in [6.45, 7) is 0. The lowest BCUT2D eigenvalue weighted by Gasteiger charge is -2.13. The van der Waals surface area contributed by atoms with Gasteiger partial charge in [-0.2, -0.15) is 0 Å². The Morgan fingerprint density at radius 2 is 0.971 bits per heavy atom. The second-order valence-electron chi connectivity index (χ2n) is 8.82. The summed E-state index contributed by atoms with van der Waals surface area (Å²) in [6.07, 6.45) is 0. The fourth-order valence-electron chi connectivity index (χ4n) is 5.16. The second kappa shape index (κ2) is 7.54. The molecule has 0 fully saturated rings. The van der Waals surface area contributed by atoms with E-state index in [-0.39, 0.29) is 0 Å². The van der Waals surface area contributed by atoms with E-state index in [0.29, 0.717) is 0 Å². The van der Waals surface area contributed by atoms with Crippen molar-refractivity contribution >= 4 is 43.2 Å². The van der Waals surface area contributed by atoms with Gasteiger partial charge in [-0.25, -0.2) is 4.98 Å². The molecule has 1 heteroatoms. The summed E-state index contributed by atoms with van der Waals surface area (Å²) in [4.78, 5) is 4.97. The highest BCUT2D eigenvalue weighted by molar-refractivity contribution is 6.11. The molecule has 0 spiro atoms. The summed E-state index contributed by atoms with van der Waals surface area (Å²) in [7, 11) is 0. The Kier molecular flexibility index (Phi) is 4.22. The summed E-state index contributed by atoms with van der Waals surface area (Å²) < 4.78 is 0. The first kappa shape index (κ1) is 19.0. The molecule has 7 aromatic rings. The van der Waals surface area contributed by atoms with Gasteiger partial charge in [0.25, 0.3) is 0 Å². The van der Waals surface area contributed by atoms with Crippen molar-refractivity contribution in [2.24, 2.45) is 0 Å². The highest BCUT2D eigenvalue weighted by atomic mass is 14.7. The molecule has 1 aromatic heterocycles. The zero-order chi connectivity index (χ0) is 22.5. The molecule has 6 aromatic carbocycles. The molecule has 0 atom stereocenters. The van der Waals surface area contributed by atoms with Gasteiger partial charge in [-0.1, -0.05) is 109 Å². The lowest BCUT2D eigenvalue weighted by Crippen LogP contribution is -1.89. The normalized spacial score (nSPS) is 11.5. The SMILES string of the molecule is c1ccc2nc(-c3ccc(-c4ccc5ccc6ccccc6c5c4)c4ccccc34)ccc2c1. The zero-order valence-corrected chi connectivity index (χ0v) is 18.6. The number of hydrogen-bond acceptors (Lipinski definition) is 1. The van der Waals surface area contributed by atoms with Gasteiger partial charge in [0.2, 0.25) is 0 Å². The summed E-state index contributed by atoms with van der Waals surface area (Å²) in [6, 6.07) is 45.6. The lowest BCUT2D eigenvalue weighted by atomic mass is 9.91. The summed E-state index contributed by atoms with van der Waals surface area (Å²) >= 11 is 0. The molecule has 0 aliphatic carbocycles. The minimum Gasteiger partial charge on any atom is -0.248 e. The van der Waals surface area contributed by atoms with Crippen molar-refractivity contribution < 1.29 is 0 Å². The molecule has 0 amide bonds. The quantitative estimate of drug-likeness (QED) is 0.249. The minimum atomic E-state index is 1.01. The predicted octanol–water partition coefficient (Wildman–Crippen LogP) is 9.03. The third-order valence-corrected chi connectivity index (χ3v) is 6.86. The molecule has 158 valence electrons. The number of hydrogen-bond donors (Lipinski definition) is 0. The standard InChI is InChI=1S/C33H21N/c1-3-9-26-22(7-1)13-14-23-15-16-25(21-31(23)26)27-18-19-30(29-11-5-4-10-28(27)29)33-20-17-24-8-2-6-12-32(24)34-33/h1-21H. The molecule has 0 unspecified atom stereocenters. The van der Waals surface area contributed by atoms with Gasteiger partial charge in [0.15, 0.2) is 0 Å². The van der Waals surface area contributed by atoms with Crippen LogP contribution in [0, 0.1) is 0 Å². The monoisotopic (exact) mass is 431 g/mol. The smallest absolute Gasteiger partial charge is 0.0715 e. The van der Waals surface area contributed by atoms with Crippen molar-refractivity contribution in [2.45, 2.75) is 0 Å². The van der Waals surface area contributed by atoms with Crippen LogP contribution in [0.2, 0.25) is 0 Å². The number of pyridine rings is 1. The van der Waals surface area contributed by atoms with E-state index in [1.54, 1.807) is 0 Å². The third kappa shape index (κ3) is 2.98. The van der Waals surface area contributed by atoms with Crippen LogP contribution in [0.25, 0.3) is 65.6 Å². The molecule has 1 nitrogen and oxygen atoms in total. The topological polar surface area (TPSA) is 12.9 Å². The number of fused-ring (bicyclic) bond motifs is 5. The van der Waals surface area contributed by atoms with Gasteiger partial charge < -0.3 is 0 Å². The maximum atomic E-state index is 4.97. The molecule has 0 aliphatic heterocycles. The summed E-state index contributed by atoms with van der Waals surface area (Å²) in [5.74, 6) is 0. The van der Waals surface area contributed by atoms with Gasteiger partial charge in [0.1, 0.15) is 0 Å². The Morgan fingerprint density at radius 1 is 0.382 bits per heavy atom. The van der Waals surface area contributed by atoms with Crippen LogP contribution in [0.3, 0.4) is 0 Å². The van der Waals surface area contributed by atoms with E-state index < -0.39 is 0 Å². The Balaban J connectivity index is 1.45. The molecule has 0 aliphatic rings. The largest absolute Gasteiger partial charge is 0.248 e. The van der Waals surface area contributed by atoms with Crippen LogP contribution >= 0.6 is 0 Å². The number of nitrogens with zero attached hydrogens (tertiary/aromatic N) is 1. The molecule has 0 radical (unpaired) electrons. The molecule has 0 saturated heterocycles. The van der Waals surface area contributed by atoms with Crippen LogP contribution in [0.5, 0.6) is 0 Å². The summed E-state index contributed by atoms with van der Waals surface area (Å²) in [5, 5.41) is 8.76. The minimum absolute atomic E-state index is 1.01. The van der Waals surface area contributed by atoms with Crippen molar-refractivity contribution in [3.63, 3.8) is 0 Å². The molecule has 34 heavy (non-hydrogen) atoms. The maximum absolute atomic E-state index is 4.97. The Morgan fingerprint density at radius 3 is 1.82 bits per heavy atom. The van der Waals surface area contributed by atoms with Crippen molar-refractivity contribution in [3.05, 3.63) is 127 Å². The van der Waals surface area contributed by atoms with E-state index in [9.17, 15) is 0 Å². The Labute approximate surface area is 197 Å². The highest BCUT2D eigenvalue weighted by Crippen LogP contribution is 2.37. The molecular weight excluding hydrogens is 410 g/mol. The lowest BCUT2D eigenvalue weighted by molar-refractivity contribution is 1.41. The van der Waals surface area contributed by atoms with Crippen LogP contribution in [-0.4, -0.2) is 4.98 Å².